The minimum atomic E-state index is -1.70. The van der Waals surface area contributed by atoms with Crippen LogP contribution in [0.25, 0.3) is 0 Å². The largest absolute Gasteiger partial charge is 0.433 e. The van der Waals surface area contributed by atoms with E-state index in [1.54, 1.807) is 0 Å². The summed E-state index contributed by atoms with van der Waals surface area (Å²) < 4.78 is 20.9. The Morgan fingerprint density at radius 2 is 1.37 bits per heavy atom. The van der Waals surface area contributed by atoms with Crippen molar-refractivity contribution in [3.63, 3.8) is 0 Å². The second kappa shape index (κ2) is 11.6. The molecule has 30 heavy (non-hydrogen) atoms. The Hall–Kier alpha value is -0.930. The Labute approximate surface area is 173 Å². The van der Waals surface area contributed by atoms with Crippen molar-refractivity contribution >= 4 is 5.97 Å². The van der Waals surface area contributed by atoms with Gasteiger partial charge in [-0.05, 0) is 6.42 Å². The van der Waals surface area contributed by atoms with Crippen LogP contribution in [0.3, 0.4) is 0 Å². The summed E-state index contributed by atoms with van der Waals surface area (Å²) in [6, 6.07) is 0. The molecular formula is C18H32O12. The van der Waals surface area contributed by atoms with Crippen LogP contribution in [0, 0.1) is 0 Å². The summed E-state index contributed by atoms with van der Waals surface area (Å²) in [6.07, 6.45) is -12.9. The van der Waals surface area contributed by atoms with Crippen LogP contribution in [0.4, 0.5) is 0 Å². The zero-order chi connectivity index (χ0) is 22.4. The summed E-state index contributed by atoms with van der Waals surface area (Å²) >= 11 is 0. The van der Waals surface area contributed by atoms with Crippen LogP contribution >= 0.6 is 0 Å². The van der Waals surface area contributed by atoms with E-state index in [1.807, 2.05) is 6.92 Å². The van der Waals surface area contributed by atoms with E-state index in [-0.39, 0.29) is 6.42 Å². The van der Waals surface area contributed by atoms with E-state index < -0.39 is 80.6 Å². The Kier molecular flexibility index (Phi) is 9.81. The van der Waals surface area contributed by atoms with Crippen molar-refractivity contribution < 1.29 is 59.5 Å². The van der Waals surface area contributed by atoms with Crippen molar-refractivity contribution in [2.45, 2.75) is 94.0 Å². The van der Waals surface area contributed by atoms with E-state index in [2.05, 4.69) is 0 Å². The number of unbranched alkanes of at least 4 members (excludes halogenated alkanes) is 2. The third-order valence-electron chi connectivity index (χ3n) is 5.17. The minimum Gasteiger partial charge on any atom is -0.433 e. The van der Waals surface area contributed by atoms with Crippen LogP contribution in [-0.2, 0) is 23.7 Å². The molecule has 10 atom stereocenters. The number of rotatable bonds is 9. The van der Waals surface area contributed by atoms with Crippen LogP contribution in [-0.4, -0.2) is 116 Å². The Morgan fingerprint density at radius 1 is 0.800 bits per heavy atom. The zero-order valence-corrected chi connectivity index (χ0v) is 16.7. The molecule has 7 N–H and O–H groups in total. The van der Waals surface area contributed by atoms with Gasteiger partial charge in [0.25, 0.3) is 0 Å². The first-order chi connectivity index (χ1) is 14.2. The molecule has 2 aliphatic heterocycles. The number of carbonyl (C=O) groups is 1. The summed E-state index contributed by atoms with van der Waals surface area (Å²) in [5.74, 6) is -0.635. The van der Waals surface area contributed by atoms with Crippen molar-refractivity contribution in [2.75, 3.05) is 13.2 Å². The molecule has 2 rings (SSSR count). The molecule has 0 radical (unpaired) electrons. The lowest BCUT2D eigenvalue weighted by Gasteiger charge is -2.42. The van der Waals surface area contributed by atoms with Crippen molar-refractivity contribution in [2.24, 2.45) is 0 Å². The Balaban J connectivity index is 1.94. The molecular weight excluding hydrogens is 408 g/mol. The average Bonchev–Trinajstić information content (AvgIpc) is 2.73. The SMILES string of the molecule is CCCCCC(=O)O[C@H]1O[C@H](CO[C@@H]2O[C@H](CO)[C@@H](O)[C@H](O)[C@H]2O)[C@@H](O)[C@H](O)[C@H]1O. The number of ether oxygens (including phenoxy) is 4. The van der Waals surface area contributed by atoms with E-state index in [0.29, 0.717) is 6.42 Å². The number of aliphatic hydroxyl groups is 7. The first-order valence-electron chi connectivity index (χ1n) is 10.0. The minimum absolute atomic E-state index is 0.102. The van der Waals surface area contributed by atoms with Gasteiger partial charge < -0.3 is 54.7 Å². The summed E-state index contributed by atoms with van der Waals surface area (Å²) in [4.78, 5) is 11.9. The molecule has 176 valence electrons. The fourth-order valence-electron chi connectivity index (χ4n) is 3.25. The Bertz CT molecular complexity index is 531. The fourth-order valence-corrected chi connectivity index (χ4v) is 3.25. The van der Waals surface area contributed by atoms with Gasteiger partial charge in [-0.1, -0.05) is 19.8 Å². The van der Waals surface area contributed by atoms with Crippen LogP contribution in [0.2, 0.25) is 0 Å². The topological polar surface area (TPSA) is 196 Å². The van der Waals surface area contributed by atoms with Gasteiger partial charge in [0.05, 0.1) is 13.2 Å². The van der Waals surface area contributed by atoms with Crippen LogP contribution in [0.15, 0.2) is 0 Å². The molecule has 0 aliphatic carbocycles. The van der Waals surface area contributed by atoms with Crippen molar-refractivity contribution in [1.82, 2.24) is 0 Å². The molecule has 2 heterocycles. The second-order valence-electron chi connectivity index (χ2n) is 7.49. The summed E-state index contributed by atoms with van der Waals surface area (Å²) in [5, 5.41) is 68.9. The van der Waals surface area contributed by atoms with Crippen molar-refractivity contribution in [1.29, 1.82) is 0 Å². The highest BCUT2D eigenvalue weighted by molar-refractivity contribution is 5.69. The number of carbonyl (C=O) groups excluding carboxylic acids is 1. The van der Waals surface area contributed by atoms with Gasteiger partial charge in [-0.25, -0.2) is 0 Å². The molecule has 12 heteroatoms. The normalized spacial score (nSPS) is 42.1. The molecule has 0 amide bonds. The predicted octanol–water partition coefficient (Wildman–Crippen LogP) is -3.27. The molecule has 0 bridgehead atoms. The van der Waals surface area contributed by atoms with Gasteiger partial charge in [-0.3, -0.25) is 4.79 Å². The van der Waals surface area contributed by atoms with Gasteiger partial charge in [0.2, 0.25) is 6.29 Å². The quantitative estimate of drug-likeness (QED) is 0.140. The van der Waals surface area contributed by atoms with E-state index in [4.69, 9.17) is 18.9 Å². The molecule has 0 aromatic heterocycles. The molecule has 0 saturated carbocycles. The van der Waals surface area contributed by atoms with Crippen molar-refractivity contribution in [3.05, 3.63) is 0 Å². The zero-order valence-electron chi connectivity index (χ0n) is 16.7. The smallest absolute Gasteiger partial charge is 0.308 e. The monoisotopic (exact) mass is 440 g/mol. The highest BCUT2D eigenvalue weighted by Crippen LogP contribution is 2.26. The van der Waals surface area contributed by atoms with Crippen LogP contribution in [0.1, 0.15) is 32.6 Å². The molecule has 0 unspecified atom stereocenters. The summed E-state index contributed by atoms with van der Waals surface area (Å²) in [7, 11) is 0. The number of hydrogen-bond acceptors (Lipinski definition) is 12. The number of hydrogen-bond donors (Lipinski definition) is 7. The maximum atomic E-state index is 11.9. The maximum absolute atomic E-state index is 11.9. The van der Waals surface area contributed by atoms with Gasteiger partial charge in [-0.15, -0.1) is 0 Å². The molecule has 2 aliphatic rings. The third-order valence-corrected chi connectivity index (χ3v) is 5.17. The number of esters is 1. The van der Waals surface area contributed by atoms with Gasteiger partial charge in [0, 0.05) is 6.42 Å². The van der Waals surface area contributed by atoms with Gasteiger partial charge >= 0.3 is 5.97 Å². The van der Waals surface area contributed by atoms with Gasteiger partial charge in [0.15, 0.2) is 6.29 Å². The van der Waals surface area contributed by atoms with Gasteiger partial charge in [-0.2, -0.15) is 0 Å². The second-order valence-corrected chi connectivity index (χ2v) is 7.49. The van der Waals surface area contributed by atoms with Gasteiger partial charge in [0.1, 0.15) is 48.8 Å². The molecule has 2 fully saturated rings. The Morgan fingerprint density at radius 3 is 1.97 bits per heavy atom. The maximum Gasteiger partial charge on any atom is 0.308 e. The third kappa shape index (κ3) is 6.07. The predicted molar refractivity (Wildman–Crippen MR) is 96.6 cm³/mol. The standard InChI is InChI=1S/C18H32O12/c1-2-3-4-5-10(20)30-18-16(26)14(24)12(22)9(29-18)7-27-17-15(25)13(23)11(21)8(6-19)28-17/h8-9,11-19,21-26H,2-7H2,1H3/t8-,9-,11-,12-,13+,14+,15-,16-,17-,18-/m1/s1. The van der Waals surface area contributed by atoms with Crippen molar-refractivity contribution in [3.8, 4) is 0 Å². The lowest BCUT2D eigenvalue weighted by atomic mass is 9.98. The lowest BCUT2D eigenvalue weighted by molar-refractivity contribution is -0.327. The van der Waals surface area contributed by atoms with Crippen LogP contribution < -0.4 is 0 Å². The molecule has 0 aromatic carbocycles. The summed E-state index contributed by atoms with van der Waals surface area (Å²) in [5.41, 5.74) is 0. The van der Waals surface area contributed by atoms with E-state index in [0.717, 1.165) is 12.8 Å². The average molecular weight is 440 g/mol. The fraction of sp³-hybridized carbons (Fsp3) is 0.944. The molecule has 0 aromatic rings. The molecule has 2 saturated heterocycles. The van der Waals surface area contributed by atoms with Crippen LogP contribution in [0.5, 0.6) is 0 Å². The summed E-state index contributed by atoms with van der Waals surface area (Å²) in [6.45, 7) is 0.836. The lowest BCUT2D eigenvalue weighted by Crippen LogP contribution is -2.61. The first-order valence-corrected chi connectivity index (χ1v) is 10.0. The number of aliphatic hydroxyl groups excluding tert-OH is 7. The molecule has 0 spiro atoms. The van der Waals surface area contributed by atoms with E-state index >= 15 is 0 Å². The van der Waals surface area contributed by atoms with E-state index in [1.165, 1.54) is 0 Å². The van der Waals surface area contributed by atoms with E-state index in [9.17, 15) is 40.5 Å². The molecule has 12 nitrogen and oxygen atoms in total. The highest BCUT2D eigenvalue weighted by Gasteiger charge is 2.48. The highest BCUT2D eigenvalue weighted by atomic mass is 16.7. The first kappa shape index (κ1) is 25.3.